The van der Waals surface area contributed by atoms with Gasteiger partial charge in [0.25, 0.3) is 0 Å². The number of allylic oxidation sites excluding steroid dienone is 2. The van der Waals surface area contributed by atoms with Gasteiger partial charge in [0.05, 0.1) is 0 Å². The first-order valence-corrected chi connectivity index (χ1v) is 6.79. The third-order valence-electron chi connectivity index (χ3n) is 2.90. The molecule has 0 aliphatic rings. The van der Waals surface area contributed by atoms with Crippen molar-refractivity contribution in [2.45, 2.75) is 50.2 Å². The standard InChI is InChI=1S/C10H11F9O2S/c1-5(2)6(3)4-7(11,12)8(13,14)9(15,10(16,17)18)22(19,20)21/h4H2,1-3H3. The van der Waals surface area contributed by atoms with Crippen LogP contribution in [0.4, 0.5) is 39.0 Å². The van der Waals surface area contributed by atoms with Crippen molar-refractivity contribution in [2.24, 2.45) is 0 Å². The summed E-state index contributed by atoms with van der Waals surface area (Å²) in [5.41, 5.74) is -0.527. The van der Waals surface area contributed by atoms with E-state index in [1.54, 1.807) is 0 Å². The van der Waals surface area contributed by atoms with Crippen molar-refractivity contribution in [1.82, 2.24) is 0 Å². The topological polar surface area (TPSA) is 34.1 Å². The first-order valence-electron chi connectivity index (χ1n) is 5.41. The van der Waals surface area contributed by atoms with Gasteiger partial charge in [-0.2, -0.15) is 39.2 Å². The fourth-order valence-electron chi connectivity index (χ4n) is 1.33. The van der Waals surface area contributed by atoms with Crippen LogP contribution in [0, 0.1) is 0 Å². The fraction of sp³-hybridized carbons (Fsp3) is 0.800. The molecule has 0 amide bonds. The van der Waals surface area contributed by atoms with Crippen molar-refractivity contribution in [3.63, 3.8) is 0 Å². The van der Waals surface area contributed by atoms with Crippen molar-refractivity contribution >= 4 is 10.2 Å². The van der Waals surface area contributed by atoms with E-state index < -0.39 is 45.2 Å². The van der Waals surface area contributed by atoms with Gasteiger partial charge in [-0.1, -0.05) is 11.1 Å². The predicted octanol–water partition coefficient (Wildman–Crippen LogP) is 4.53. The van der Waals surface area contributed by atoms with E-state index in [1.807, 2.05) is 0 Å². The zero-order valence-electron chi connectivity index (χ0n) is 11.3. The van der Waals surface area contributed by atoms with Crippen LogP contribution in [0.1, 0.15) is 27.2 Å². The molecule has 0 spiro atoms. The Morgan fingerprint density at radius 2 is 1.23 bits per heavy atom. The van der Waals surface area contributed by atoms with Crippen LogP contribution in [-0.4, -0.2) is 31.4 Å². The average Bonchev–Trinajstić information content (AvgIpc) is 2.23. The molecule has 0 aromatic rings. The lowest BCUT2D eigenvalue weighted by molar-refractivity contribution is -0.323. The van der Waals surface area contributed by atoms with Gasteiger partial charge in [-0.25, -0.2) is 4.39 Å². The van der Waals surface area contributed by atoms with Crippen molar-refractivity contribution in [3.8, 4) is 0 Å². The fourth-order valence-corrected chi connectivity index (χ4v) is 2.06. The molecule has 0 fully saturated rings. The van der Waals surface area contributed by atoms with Crippen LogP contribution in [-0.2, 0) is 10.2 Å². The molecule has 132 valence electrons. The highest BCUT2D eigenvalue weighted by Crippen LogP contribution is 2.56. The molecule has 1 atom stereocenters. The summed E-state index contributed by atoms with van der Waals surface area (Å²) < 4.78 is 137. The third kappa shape index (κ3) is 3.20. The van der Waals surface area contributed by atoms with Crippen molar-refractivity contribution < 1.29 is 47.4 Å². The number of hydrogen-bond acceptors (Lipinski definition) is 2. The molecule has 0 aliphatic heterocycles. The Morgan fingerprint density at radius 1 is 0.864 bits per heavy atom. The summed E-state index contributed by atoms with van der Waals surface area (Å²) in [5.74, 6) is -12.7. The summed E-state index contributed by atoms with van der Waals surface area (Å²) in [5, 5.41) is -7.07. The largest absolute Gasteiger partial charge is 0.446 e. The molecule has 0 bridgehead atoms. The van der Waals surface area contributed by atoms with Crippen molar-refractivity contribution in [3.05, 3.63) is 11.1 Å². The van der Waals surface area contributed by atoms with E-state index in [9.17, 15) is 47.4 Å². The van der Waals surface area contributed by atoms with E-state index in [-0.39, 0.29) is 5.57 Å². The van der Waals surface area contributed by atoms with Crippen LogP contribution in [0.3, 0.4) is 0 Å². The van der Waals surface area contributed by atoms with E-state index in [0.717, 1.165) is 20.8 Å². The average molecular weight is 366 g/mol. The summed E-state index contributed by atoms with van der Waals surface area (Å²) in [6, 6.07) is 0. The molecule has 12 heteroatoms. The van der Waals surface area contributed by atoms with Gasteiger partial charge >= 0.3 is 33.2 Å². The lowest BCUT2D eigenvalue weighted by Gasteiger charge is -2.36. The zero-order chi connectivity index (χ0) is 18.4. The Balaban J connectivity index is 6.33. The predicted molar refractivity (Wildman–Crippen MR) is 58.5 cm³/mol. The first-order chi connectivity index (χ1) is 9.33. The highest BCUT2D eigenvalue weighted by molar-refractivity contribution is 7.87. The molecule has 0 aromatic carbocycles. The number of halogens is 9. The van der Waals surface area contributed by atoms with E-state index in [4.69, 9.17) is 0 Å². The van der Waals surface area contributed by atoms with Gasteiger partial charge in [0.2, 0.25) is 0 Å². The number of hydrogen-bond donors (Lipinski definition) is 0. The molecular formula is C10H11F9O2S. The normalized spacial score (nSPS) is 17.1. The summed E-state index contributed by atoms with van der Waals surface area (Å²) >= 11 is 0. The van der Waals surface area contributed by atoms with E-state index in [2.05, 4.69) is 0 Å². The van der Waals surface area contributed by atoms with E-state index >= 15 is 0 Å². The Kier molecular flexibility index (Phi) is 5.36. The Bertz CT molecular complexity index is 557. The molecule has 0 aliphatic carbocycles. The molecule has 0 aromatic heterocycles. The van der Waals surface area contributed by atoms with Crippen molar-refractivity contribution in [2.75, 3.05) is 0 Å². The van der Waals surface area contributed by atoms with E-state index in [1.165, 1.54) is 0 Å². The van der Waals surface area contributed by atoms with Crippen LogP contribution < -0.4 is 0 Å². The molecule has 0 heterocycles. The van der Waals surface area contributed by atoms with Gasteiger partial charge in [-0.05, 0) is 20.8 Å². The lowest BCUT2D eigenvalue weighted by Crippen LogP contribution is -2.66. The second-order valence-corrected chi connectivity index (χ2v) is 6.21. The highest BCUT2D eigenvalue weighted by Gasteiger charge is 2.86. The second kappa shape index (κ2) is 5.60. The Morgan fingerprint density at radius 3 is 1.45 bits per heavy atom. The summed E-state index contributed by atoms with van der Waals surface area (Å²) in [7, 11) is -7.76. The van der Waals surface area contributed by atoms with Crippen LogP contribution in [0.15, 0.2) is 11.1 Å². The minimum Gasteiger partial charge on any atom is -0.206 e. The van der Waals surface area contributed by atoms with Gasteiger partial charge in [0.1, 0.15) is 0 Å². The monoisotopic (exact) mass is 366 g/mol. The lowest BCUT2D eigenvalue weighted by atomic mass is 9.96. The van der Waals surface area contributed by atoms with Crippen LogP contribution in [0.5, 0.6) is 0 Å². The quantitative estimate of drug-likeness (QED) is 0.407. The second-order valence-electron chi connectivity index (χ2n) is 4.77. The smallest absolute Gasteiger partial charge is 0.206 e. The number of rotatable bonds is 5. The Labute approximate surface area is 120 Å². The highest BCUT2D eigenvalue weighted by atomic mass is 32.3. The zero-order valence-corrected chi connectivity index (χ0v) is 12.2. The maximum atomic E-state index is 13.4. The molecule has 0 N–H and O–H groups in total. The molecule has 1 unspecified atom stereocenters. The molecular weight excluding hydrogens is 355 g/mol. The maximum Gasteiger partial charge on any atom is 0.446 e. The SMILES string of the molecule is CC(C)=C(C)CC(F)(F)C(F)(F)C(F)(C(F)(F)F)S(=O)(=O)F. The molecule has 2 nitrogen and oxygen atoms in total. The van der Waals surface area contributed by atoms with Crippen molar-refractivity contribution in [1.29, 1.82) is 0 Å². The minimum absolute atomic E-state index is 0.00930. The third-order valence-corrected chi connectivity index (χ3v) is 4.06. The maximum absolute atomic E-state index is 13.4. The summed E-state index contributed by atoms with van der Waals surface area (Å²) in [6.45, 7) is 3.15. The van der Waals surface area contributed by atoms with Gasteiger partial charge in [-0.3, -0.25) is 0 Å². The van der Waals surface area contributed by atoms with Gasteiger partial charge in [0.15, 0.2) is 0 Å². The summed E-state index contributed by atoms with van der Waals surface area (Å²) in [4.78, 5) is 0. The molecule has 22 heavy (non-hydrogen) atoms. The first kappa shape index (κ1) is 21.1. The van der Waals surface area contributed by atoms with Crippen LogP contribution in [0.2, 0.25) is 0 Å². The minimum atomic E-state index is -7.76. The van der Waals surface area contributed by atoms with Gasteiger partial charge in [-0.15, -0.1) is 3.89 Å². The molecule has 0 saturated heterocycles. The number of alkyl halides is 8. The summed E-state index contributed by atoms with van der Waals surface area (Å²) in [6.07, 6.45) is -9.20. The van der Waals surface area contributed by atoms with Crippen LogP contribution in [0.25, 0.3) is 0 Å². The Hall–Kier alpha value is -0.940. The molecule has 0 rings (SSSR count). The van der Waals surface area contributed by atoms with Crippen LogP contribution >= 0.6 is 0 Å². The molecule has 0 saturated carbocycles. The van der Waals surface area contributed by atoms with Gasteiger partial charge in [0, 0.05) is 6.42 Å². The van der Waals surface area contributed by atoms with E-state index in [0.29, 0.717) is 0 Å². The van der Waals surface area contributed by atoms with Gasteiger partial charge < -0.3 is 0 Å². The molecule has 0 radical (unpaired) electrons.